The van der Waals surface area contributed by atoms with Gasteiger partial charge in [0, 0.05) is 0 Å². The Kier molecular flexibility index (Phi) is 3.83. The molecular weight excluding hydrogens is 268 g/mol. The molecule has 1 aliphatic heterocycles. The molecule has 0 spiro atoms. The summed E-state index contributed by atoms with van der Waals surface area (Å²) in [6, 6.07) is 11.2. The Bertz CT molecular complexity index is 640. The zero-order valence-corrected chi connectivity index (χ0v) is 11.5. The number of nitrogens with two attached hydrogens (primary N) is 1. The molecule has 2 N–H and O–H groups in total. The number of ether oxygens (including phenoxy) is 2. The second kappa shape index (κ2) is 5.93. The van der Waals surface area contributed by atoms with Crippen LogP contribution >= 0.6 is 0 Å². The molecule has 0 bridgehead atoms. The fourth-order valence-corrected chi connectivity index (χ4v) is 2.37. The van der Waals surface area contributed by atoms with Gasteiger partial charge in [0.05, 0.1) is 18.5 Å². The van der Waals surface area contributed by atoms with Crippen molar-refractivity contribution in [2.45, 2.75) is 12.5 Å². The number of aromatic nitrogens is 1. The van der Waals surface area contributed by atoms with E-state index in [0.29, 0.717) is 12.3 Å². The summed E-state index contributed by atoms with van der Waals surface area (Å²) >= 11 is 0. The molecule has 5 heteroatoms. The summed E-state index contributed by atoms with van der Waals surface area (Å²) in [5.41, 5.74) is 8.62. The van der Waals surface area contributed by atoms with Crippen LogP contribution in [0.2, 0.25) is 0 Å². The first-order valence-corrected chi connectivity index (χ1v) is 6.82. The molecule has 1 aliphatic rings. The number of esters is 1. The van der Waals surface area contributed by atoms with Gasteiger partial charge >= 0.3 is 5.97 Å². The molecule has 2 heterocycles. The Hall–Kier alpha value is -2.40. The minimum atomic E-state index is -0.471. The first-order valence-electron chi connectivity index (χ1n) is 6.82. The van der Waals surface area contributed by atoms with Gasteiger partial charge in [-0.05, 0) is 29.7 Å². The molecule has 2 aromatic rings. The molecule has 0 saturated carbocycles. The third kappa shape index (κ3) is 3.03. The van der Waals surface area contributed by atoms with Crippen molar-refractivity contribution in [3.63, 3.8) is 0 Å². The lowest BCUT2D eigenvalue weighted by atomic mass is 9.98. The first kappa shape index (κ1) is 13.6. The summed E-state index contributed by atoms with van der Waals surface area (Å²) in [6.45, 7) is 0.821. The van der Waals surface area contributed by atoms with E-state index >= 15 is 0 Å². The Morgan fingerprint density at radius 2 is 2.19 bits per heavy atom. The van der Waals surface area contributed by atoms with E-state index in [2.05, 4.69) is 11.1 Å². The molecule has 1 aromatic heterocycles. The van der Waals surface area contributed by atoms with Crippen molar-refractivity contribution >= 4 is 11.7 Å². The Morgan fingerprint density at radius 1 is 1.33 bits per heavy atom. The molecule has 0 saturated heterocycles. The maximum absolute atomic E-state index is 11.9. The number of pyridine rings is 1. The van der Waals surface area contributed by atoms with Crippen LogP contribution in [0.1, 0.15) is 27.7 Å². The second-order valence-corrected chi connectivity index (χ2v) is 4.88. The van der Waals surface area contributed by atoms with E-state index in [1.807, 2.05) is 18.2 Å². The number of carbonyl (C=O) groups is 1. The predicted octanol–water partition coefficient (Wildman–Crippen LogP) is 2.13. The fourth-order valence-electron chi connectivity index (χ4n) is 2.37. The van der Waals surface area contributed by atoms with Gasteiger partial charge in [-0.2, -0.15) is 0 Å². The zero-order valence-electron chi connectivity index (χ0n) is 11.5. The lowest BCUT2D eigenvalue weighted by molar-refractivity contribution is -0.0156. The van der Waals surface area contributed by atoms with Crippen molar-refractivity contribution in [3.05, 3.63) is 59.4 Å². The van der Waals surface area contributed by atoms with Crippen molar-refractivity contribution in [3.8, 4) is 0 Å². The second-order valence-electron chi connectivity index (χ2n) is 4.88. The van der Waals surface area contributed by atoms with Crippen molar-refractivity contribution in [1.29, 1.82) is 0 Å². The molecule has 1 aromatic carbocycles. The van der Waals surface area contributed by atoms with Crippen LogP contribution < -0.4 is 5.73 Å². The summed E-state index contributed by atoms with van der Waals surface area (Å²) in [5, 5.41) is 0. The number of fused-ring (bicyclic) bond motifs is 1. The molecule has 0 aliphatic carbocycles. The van der Waals surface area contributed by atoms with E-state index in [1.165, 1.54) is 11.8 Å². The molecule has 21 heavy (non-hydrogen) atoms. The topological polar surface area (TPSA) is 74.4 Å². The molecule has 0 amide bonds. The van der Waals surface area contributed by atoms with Crippen LogP contribution in [0.3, 0.4) is 0 Å². The smallest absolute Gasteiger partial charge is 0.357 e. The SMILES string of the molecule is Nc1ccc(C(=O)OCC2OCCc3ccccc32)nc1. The highest BCUT2D eigenvalue weighted by Gasteiger charge is 2.22. The average Bonchev–Trinajstić information content (AvgIpc) is 2.53. The van der Waals surface area contributed by atoms with E-state index in [9.17, 15) is 4.79 Å². The van der Waals surface area contributed by atoms with Gasteiger partial charge in [-0.3, -0.25) is 0 Å². The van der Waals surface area contributed by atoms with E-state index < -0.39 is 5.97 Å². The number of nitrogen functional groups attached to an aromatic ring is 1. The zero-order chi connectivity index (χ0) is 14.7. The Balaban J connectivity index is 1.66. The average molecular weight is 284 g/mol. The predicted molar refractivity (Wildman–Crippen MR) is 77.8 cm³/mol. The fraction of sp³-hybridized carbons (Fsp3) is 0.250. The van der Waals surface area contributed by atoms with Gasteiger partial charge in [-0.25, -0.2) is 9.78 Å². The minimum absolute atomic E-state index is 0.182. The molecule has 1 atom stereocenters. The van der Waals surface area contributed by atoms with E-state index in [0.717, 1.165) is 12.0 Å². The molecular formula is C16H16N2O3. The third-order valence-electron chi connectivity index (χ3n) is 3.45. The van der Waals surface area contributed by atoms with Gasteiger partial charge in [-0.1, -0.05) is 24.3 Å². The van der Waals surface area contributed by atoms with Gasteiger partial charge in [0.25, 0.3) is 0 Å². The summed E-state index contributed by atoms with van der Waals surface area (Å²) in [7, 11) is 0. The van der Waals surface area contributed by atoms with Gasteiger partial charge in [0.1, 0.15) is 18.4 Å². The van der Waals surface area contributed by atoms with Crippen LogP contribution in [0.4, 0.5) is 5.69 Å². The summed E-state index contributed by atoms with van der Waals surface area (Å²) < 4.78 is 11.0. The van der Waals surface area contributed by atoms with Crippen molar-refractivity contribution in [2.24, 2.45) is 0 Å². The molecule has 108 valence electrons. The van der Waals surface area contributed by atoms with Crippen LogP contribution in [0.5, 0.6) is 0 Å². The Morgan fingerprint density at radius 3 is 3.00 bits per heavy atom. The number of carbonyl (C=O) groups excluding carboxylic acids is 1. The number of benzene rings is 1. The number of hydrogen-bond acceptors (Lipinski definition) is 5. The van der Waals surface area contributed by atoms with Crippen molar-refractivity contribution in [1.82, 2.24) is 4.98 Å². The van der Waals surface area contributed by atoms with Gasteiger partial charge in [0.15, 0.2) is 0 Å². The van der Waals surface area contributed by atoms with Crippen LogP contribution in [0.15, 0.2) is 42.6 Å². The summed E-state index contributed by atoms with van der Waals surface area (Å²) in [6.07, 6.45) is 2.11. The van der Waals surface area contributed by atoms with E-state index in [-0.39, 0.29) is 18.4 Å². The number of nitrogens with zero attached hydrogens (tertiary/aromatic N) is 1. The van der Waals surface area contributed by atoms with Gasteiger partial charge in [-0.15, -0.1) is 0 Å². The maximum Gasteiger partial charge on any atom is 0.357 e. The molecule has 5 nitrogen and oxygen atoms in total. The van der Waals surface area contributed by atoms with Crippen molar-refractivity contribution in [2.75, 3.05) is 18.9 Å². The molecule has 3 rings (SSSR count). The normalized spacial score (nSPS) is 17.0. The standard InChI is InChI=1S/C16H16N2O3/c17-12-5-6-14(18-9-12)16(19)21-10-15-13-4-2-1-3-11(13)7-8-20-15/h1-6,9,15H,7-8,10,17H2. The largest absolute Gasteiger partial charge is 0.458 e. The van der Waals surface area contributed by atoms with Crippen LogP contribution in [-0.4, -0.2) is 24.2 Å². The highest BCUT2D eigenvalue weighted by molar-refractivity contribution is 5.87. The summed E-state index contributed by atoms with van der Waals surface area (Å²) in [5.74, 6) is -0.471. The molecule has 0 fully saturated rings. The van der Waals surface area contributed by atoms with Crippen molar-refractivity contribution < 1.29 is 14.3 Å². The number of rotatable bonds is 3. The minimum Gasteiger partial charge on any atom is -0.458 e. The number of hydrogen-bond donors (Lipinski definition) is 1. The van der Waals surface area contributed by atoms with E-state index in [4.69, 9.17) is 15.2 Å². The van der Waals surface area contributed by atoms with Gasteiger partial charge in [0.2, 0.25) is 0 Å². The quantitative estimate of drug-likeness (QED) is 0.874. The van der Waals surface area contributed by atoms with Gasteiger partial charge < -0.3 is 15.2 Å². The van der Waals surface area contributed by atoms with E-state index in [1.54, 1.807) is 12.1 Å². The Labute approximate surface area is 122 Å². The maximum atomic E-state index is 11.9. The molecule has 1 unspecified atom stereocenters. The first-order chi connectivity index (χ1) is 10.2. The number of anilines is 1. The summed E-state index contributed by atoms with van der Waals surface area (Å²) in [4.78, 5) is 15.9. The van der Waals surface area contributed by atoms with Crippen LogP contribution in [-0.2, 0) is 15.9 Å². The molecule has 0 radical (unpaired) electrons. The van der Waals surface area contributed by atoms with Crippen LogP contribution in [0, 0.1) is 0 Å². The monoisotopic (exact) mass is 284 g/mol. The lowest BCUT2D eigenvalue weighted by Crippen LogP contribution is -2.22. The third-order valence-corrected chi connectivity index (χ3v) is 3.45. The highest BCUT2D eigenvalue weighted by Crippen LogP contribution is 2.27. The van der Waals surface area contributed by atoms with Crippen LogP contribution in [0.25, 0.3) is 0 Å². The lowest BCUT2D eigenvalue weighted by Gasteiger charge is -2.25. The highest BCUT2D eigenvalue weighted by atomic mass is 16.6.